The van der Waals surface area contributed by atoms with E-state index in [1.807, 2.05) is 30.3 Å². The van der Waals surface area contributed by atoms with E-state index < -0.39 is 0 Å². The third-order valence-corrected chi connectivity index (χ3v) is 2.23. The molecule has 1 rings (SSSR count). The fourth-order valence-electron chi connectivity index (χ4n) is 1.32. The second-order valence-corrected chi connectivity index (χ2v) is 3.56. The number of carbonyl (C=O) groups is 1. The summed E-state index contributed by atoms with van der Waals surface area (Å²) in [6.07, 6.45) is 6.40. The lowest BCUT2D eigenvalue weighted by molar-refractivity contribution is -0.105. The molecule has 1 aromatic rings. The van der Waals surface area contributed by atoms with Crippen LogP contribution in [0.2, 0.25) is 0 Å². The maximum absolute atomic E-state index is 10.5. The Hall–Kier alpha value is -1.87. The molecule has 0 unspecified atom stereocenters. The molecule has 0 saturated carbocycles. The van der Waals surface area contributed by atoms with Crippen LogP contribution in [-0.4, -0.2) is 18.0 Å². The first-order valence-electron chi connectivity index (χ1n) is 5.56. The van der Waals surface area contributed by atoms with Crippen LogP contribution >= 0.6 is 0 Å². The van der Waals surface area contributed by atoms with Crippen molar-refractivity contribution < 1.29 is 9.90 Å². The van der Waals surface area contributed by atoms with Gasteiger partial charge in [0.25, 0.3) is 0 Å². The van der Waals surface area contributed by atoms with Crippen LogP contribution in [0.3, 0.4) is 0 Å². The third-order valence-electron chi connectivity index (χ3n) is 2.23. The second-order valence-electron chi connectivity index (χ2n) is 3.56. The van der Waals surface area contributed by atoms with Crippen LogP contribution in [0.5, 0.6) is 0 Å². The lowest BCUT2D eigenvalue weighted by Crippen LogP contribution is -2.03. The molecule has 0 bridgehead atoms. The van der Waals surface area contributed by atoms with Gasteiger partial charge in [-0.2, -0.15) is 0 Å². The SMILES string of the molecule is O=C/C(=C/C=C/NCc1ccccc1)CCO. The van der Waals surface area contributed by atoms with Gasteiger partial charge in [-0.3, -0.25) is 4.79 Å². The Labute approximate surface area is 101 Å². The van der Waals surface area contributed by atoms with Crippen LogP contribution in [0.15, 0.2) is 54.3 Å². The molecule has 17 heavy (non-hydrogen) atoms. The molecule has 2 N–H and O–H groups in total. The van der Waals surface area contributed by atoms with E-state index in [0.29, 0.717) is 12.0 Å². The smallest absolute Gasteiger partial charge is 0.146 e. The molecule has 0 radical (unpaired) electrons. The van der Waals surface area contributed by atoms with E-state index in [2.05, 4.69) is 5.32 Å². The van der Waals surface area contributed by atoms with E-state index >= 15 is 0 Å². The predicted molar refractivity (Wildman–Crippen MR) is 68.3 cm³/mol. The molecule has 3 nitrogen and oxygen atoms in total. The number of allylic oxidation sites excluding steroid dienone is 2. The van der Waals surface area contributed by atoms with Crippen molar-refractivity contribution >= 4 is 6.29 Å². The lowest BCUT2D eigenvalue weighted by atomic mass is 10.2. The van der Waals surface area contributed by atoms with E-state index in [1.54, 1.807) is 18.4 Å². The van der Waals surface area contributed by atoms with E-state index in [4.69, 9.17) is 5.11 Å². The number of hydrogen-bond acceptors (Lipinski definition) is 3. The number of aliphatic hydroxyl groups is 1. The Bertz CT molecular complexity index is 382. The summed E-state index contributed by atoms with van der Waals surface area (Å²) in [5.41, 5.74) is 1.79. The number of aldehydes is 1. The van der Waals surface area contributed by atoms with Crippen LogP contribution in [0.1, 0.15) is 12.0 Å². The van der Waals surface area contributed by atoms with Gasteiger partial charge in [-0.15, -0.1) is 0 Å². The van der Waals surface area contributed by atoms with Gasteiger partial charge in [0.15, 0.2) is 0 Å². The van der Waals surface area contributed by atoms with Gasteiger partial charge in [0.1, 0.15) is 6.29 Å². The van der Waals surface area contributed by atoms with Gasteiger partial charge in [0.05, 0.1) is 0 Å². The molecule has 0 aliphatic carbocycles. The maximum atomic E-state index is 10.5. The predicted octanol–water partition coefficient (Wildman–Crippen LogP) is 1.80. The molecule has 90 valence electrons. The van der Waals surface area contributed by atoms with Gasteiger partial charge in [-0.25, -0.2) is 0 Å². The Morgan fingerprint density at radius 2 is 2.06 bits per heavy atom. The van der Waals surface area contributed by atoms with Crippen LogP contribution in [0.4, 0.5) is 0 Å². The van der Waals surface area contributed by atoms with Gasteiger partial charge in [0, 0.05) is 13.2 Å². The third kappa shape index (κ3) is 5.68. The molecule has 0 saturated heterocycles. The van der Waals surface area contributed by atoms with Crippen LogP contribution in [-0.2, 0) is 11.3 Å². The number of benzene rings is 1. The lowest BCUT2D eigenvalue weighted by Gasteiger charge is -1.99. The maximum Gasteiger partial charge on any atom is 0.146 e. The zero-order valence-electron chi connectivity index (χ0n) is 9.67. The fraction of sp³-hybridized carbons (Fsp3) is 0.214. The molecule has 0 heterocycles. The molecule has 0 amide bonds. The van der Waals surface area contributed by atoms with E-state index in [0.717, 1.165) is 12.8 Å². The minimum Gasteiger partial charge on any atom is -0.396 e. The topological polar surface area (TPSA) is 49.3 Å². The van der Waals surface area contributed by atoms with E-state index in [-0.39, 0.29) is 6.61 Å². The number of aliphatic hydroxyl groups excluding tert-OH is 1. The van der Waals surface area contributed by atoms with Crippen molar-refractivity contribution in [2.24, 2.45) is 0 Å². The van der Waals surface area contributed by atoms with Gasteiger partial charge >= 0.3 is 0 Å². The number of carbonyl (C=O) groups excluding carboxylic acids is 1. The standard InChI is InChI=1S/C14H17NO2/c16-10-8-14(12-17)7-4-9-15-11-13-5-2-1-3-6-13/h1-7,9,12,15-16H,8,10-11H2/b9-4+,14-7+. The molecular formula is C14H17NO2. The first-order chi connectivity index (χ1) is 8.36. The second kappa shape index (κ2) is 8.30. The summed E-state index contributed by atoms with van der Waals surface area (Å²) in [4.78, 5) is 10.5. The monoisotopic (exact) mass is 231 g/mol. The summed E-state index contributed by atoms with van der Waals surface area (Å²) in [6.45, 7) is 0.747. The summed E-state index contributed by atoms with van der Waals surface area (Å²) < 4.78 is 0. The van der Waals surface area contributed by atoms with Crippen LogP contribution in [0.25, 0.3) is 0 Å². The Morgan fingerprint density at radius 1 is 1.29 bits per heavy atom. The van der Waals surface area contributed by atoms with Gasteiger partial charge in [0.2, 0.25) is 0 Å². The largest absolute Gasteiger partial charge is 0.396 e. The number of nitrogens with one attached hydrogen (secondary N) is 1. The van der Waals surface area contributed by atoms with Crippen molar-refractivity contribution in [3.05, 3.63) is 59.8 Å². The molecule has 0 fully saturated rings. The molecule has 0 aliphatic rings. The minimum atomic E-state index is -0.00411. The summed E-state index contributed by atoms with van der Waals surface area (Å²) in [5, 5.41) is 11.8. The first kappa shape index (κ1) is 13.2. The highest BCUT2D eigenvalue weighted by atomic mass is 16.3. The zero-order chi connectivity index (χ0) is 12.3. The average molecular weight is 231 g/mol. The molecule has 0 aliphatic heterocycles. The zero-order valence-corrected chi connectivity index (χ0v) is 9.67. The minimum absolute atomic E-state index is 0.00411. The molecule has 0 atom stereocenters. The number of hydrogen-bond donors (Lipinski definition) is 2. The van der Waals surface area contributed by atoms with Gasteiger partial charge in [-0.05, 0) is 29.8 Å². The normalized spacial score (nSPS) is 11.7. The number of rotatable bonds is 7. The highest BCUT2D eigenvalue weighted by Gasteiger charge is 1.90. The Morgan fingerprint density at radius 3 is 2.71 bits per heavy atom. The van der Waals surface area contributed by atoms with Crippen LogP contribution < -0.4 is 5.32 Å². The van der Waals surface area contributed by atoms with Crippen molar-refractivity contribution in [2.75, 3.05) is 6.61 Å². The first-order valence-corrected chi connectivity index (χ1v) is 5.56. The van der Waals surface area contributed by atoms with Gasteiger partial charge in [-0.1, -0.05) is 36.4 Å². The van der Waals surface area contributed by atoms with Crippen LogP contribution in [0, 0.1) is 0 Å². The van der Waals surface area contributed by atoms with Crippen molar-refractivity contribution in [1.29, 1.82) is 0 Å². The summed E-state index contributed by atoms with van der Waals surface area (Å²) in [6, 6.07) is 10.0. The highest BCUT2D eigenvalue weighted by molar-refractivity contribution is 5.73. The van der Waals surface area contributed by atoms with Gasteiger partial charge < -0.3 is 10.4 Å². The summed E-state index contributed by atoms with van der Waals surface area (Å²) in [7, 11) is 0. The molecule has 1 aromatic carbocycles. The van der Waals surface area contributed by atoms with Crippen molar-refractivity contribution in [3.63, 3.8) is 0 Å². The molecule has 0 spiro atoms. The Balaban J connectivity index is 2.33. The summed E-state index contributed by atoms with van der Waals surface area (Å²) in [5.74, 6) is 0. The van der Waals surface area contributed by atoms with Crippen molar-refractivity contribution in [2.45, 2.75) is 13.0 Å². The quantitative estimate of drug-likeness (QED) is 0.427. The van der Waals surface area contributed by atoms with E-state index in [1.165, 1.54) is 5.56 Å². The molecule has 3 heteroatoms. The highest BCUT2D eigenvalue weighted by Crippen LogP contribution is 1.98. The summed E-state index contributed by atoms with van der Waals surface area (Å²) >= 11 is 0. The molecule has 0 aromatic heterocycles. The average Bonchev–Trinajstić information content (AvgIpc) is 2.38. The van der Waals surface area contributed by atoms with Crippen molar-refractivity contribution in [1.82, 2.24) is 5.32 Å². The van der Waals surface area contributed by atoms with Crippen molar-refractivity contribution in [3.8, 4) is 0 Å². The Kier molecular flexibility index (Phi) is 6.44. The van der Waals surface area contributed by atoms with E-state index in [9.17, 15) is 4.79 Å². The molecular weight excluding hydrogens is 214 g/mol. The fourth-order valence-corrected chi connectivity index (χ4v) is 1.32.